The van der Waals surface area contributed by atoms with Gasteiger partial charge in [0, 0.05) is 25.7 Å². The average Bonchev–Trinajstić information content (AvgIpc) is 2.62. The van der Waals surface area contributed by atoms with Crippen molar-refractivity contribution < 1.29 is 9.53 Å². The van der Waals surface area contributed by atoms with Crippen molar-refractivity contribution in [3.05, 3.63) is 65.2 Å². The molecule has 2 aromatic rings. The summed E-state index contributed by atoms with van der Waals surface area (Å²) in [5.74, 6) is 0.814. The van der Waals surface area contributed by atoms with E-state index in [0.29, 0.717) is 25.2 Å². The van der Waals surface area contributed by atoms with Crippen molar-refractivity contribution in [2.24, 2.45) is 0 Å². The lowest BCUT2D eigenvalue weighted by Crippen LogP contribution is -2.36. The molecule has 0 heterocycles. The minimum atomic E-state index is 0.0323. The van der Waals surface area contributed by atoms with Gasteiger partial charge in [0.25, 0.3) is 0 Å². The lowest BCUT2D eigenvalue weighted by Gasteiger charge is -2.22. The highest BCUT2D eigenvalue weighted by Gasteiger charge is 2.14. The van der Waals surface area contributed by atoms with Gasteiger partial charge in [-0.05, 0) is 30.8 Å². The molecule has 0 radical (unpaired) electrons. The summed E-state index contributed by atoms with van der Waals surface area (Å²) >= 11 is 0. The first-order chi connectivity index (χ1) is 12.0. The number of carbonyl (C=O) groups is 1. The van der Waals surface area contributed by atoms with E-state index in [-0.39, 0.29) is 5.91 Å². The van der Waals surface area contributed by atoms with E-state index in [9.17, 15) is 4.79 Å². The Kier molecular flexibility index (Phi) is 6.55. The van der Waals surface area contributed by atoms with E-state index in [4.69, 9.17) is 10.00 Å². The van der Waals surface area contributed by atoms with E-state index in [1.54, 1.807) is 25.1 Å². The van der Waals surface area contributed by atoms with Gasteiger partial charge < -0.3 is 9.64 Å². The van der Waals surface area contributed by atoms with Gasteiger partial charge in [-0.25, -0.2) is 0 Å². The molecular formula is C20H23N3O2. The first-order valence-electron chi connectivity index (χ1n) is 8.07. The summed E-state index contributed by atoms with van der Waals surface area (Å²) in [6, 6.07) is 17.3. The van der Waals surface area contributed by atoms with Gasteiger partial charge in [0.2, 0.25) is 5.91 Å². The van der Waals surface area contributed by atoms with E-state index < -0.39 is 0 Å². The van der Waals surface area contributed by atoms with Crippen LogP contribution in [0.5, 0.6) is 5.75 Å². The van der Waals surface area contributed by atoms with Crippen LogP contribution >= 0.6 is 0 Å². The fourth-order valence-electron chi connectivity index (χ4n) is 2.64. The standard InChI is InChI=1S/C20H23N3O2/c1-22(13-17-8-6-7-16(11-17)12-21)15-20(24)23(2)14-18-9-4-5-10-19(18)25-3/h4-11H,13-15H2,1-3H3. The Morgan fingerprint density at radius 3 is 2.60 bits per heavy atom. The number of benzene rings is 2. The number of nitrogens with zero attached hydrogens (tertiary/aromatic N) is 3. The number of carbonyl (C=O) groups excluding carboxylic acids is 1. The predicted octanol–water partition coefficient (Wildman–Crippen LogP) is 2.66. The summed E-state index contributed by atoms with van der Waals surface area (Å²) in [7, 11) is 5.32. The molecule has 0 aliphatic rings. The molecular weight excluding hydrogens is 314 g/mol. The SMILES string of the molecule is COc1ccccc1CN(C)C(=O)CN(C)Cc1cccc(C#N)c1. The van der Waals surface area contributed by atoms with E-state index >= 15 is 0 Å². The van der Waals surface area contributed by atoms with Gasteiger partial charge in [-0.3, -0.25) is 9.69 Å². The quantitative estimate of drug-likeness (QED) is 0.779. The molecule has 0 unspecified atom stereocenters. The maximum Gasteiger partial charge on any atom is 0.236 e. The summed E-state index contributed by atoms with van der Waals surface area (Å²) in [4.78, 5) is 16.1. The van der Waals surface area contributed by atoms with E-state index in [0.717, 1.165) is 16.9 Å². The normalized spacial score (nSPS) is 10.4. The fraction of sp³-hybridized carbons (Fsp3) is 0.300. The van der Waals surface area contributed by atoms with Crippen LogP contribution in [0.2, 0.25) is 0 Å². The van der Waals surface area contributed by atoms with Crippen molar-refractivity contribution in [3.8, 4) is 11.8 Å². The number of likely N-dealkylation sites (N-methyl/N-ethyl adjacent to an activating group) is 2. The molecule has 0 fully saturated rings. The molecule has 0 bridgehead atoms. The second-order valence-electron chi connectivity index (χ2n) is 6.05. The third-order valence-electron chi connectivity index (χ3n) is 3.94. The smallest absolute Gasteiger partial charge is 0.236 e. The Morgan fingerprint density at radius 2 is 1.88 bits per heavy atom. The predicted molar refractivity (Wildman–Crippen MR) is 97.0 cm³/mol. The number of rotatable bonds is 7. The molecule has 1 amide bonds. The molecule has 5 nitrogen and oxygen atoms in total. The van der Waals surface area contributed by atoms with Crippen LogP contribution in [0.4, 0.5) is 0 Å². The minimum absolute atomic E-state index is 0.0323. The molecule has 0 aliphatic heterocycles. The zero-order valence-corrected chi connectivity index (χ0v) is 14.9. The Bertz CT molecular complexity index is 768. The topological polar surface area (TPSA) is 56.6 Å². The van der Waals surface area contributed by atoms with Crippen LogP contribution in [0.3, 0.4) is 0 Å². The number of amides is 1. The monoisotopic (exact) mass is 337 g/mol. The van der Waals surface area contributed by atoms with Crippen LogP contribution in [0.15, 0.2) is 48.5 Å². The molecule has 0 spiro atoms. The molecule has 5 heteroatoms. The molecule has 0 saturated heterocycles. The molecule has 130 valence electrons. The zero-order chi connectivity index (χ0) is 18.2. The Hall–Kier alpha value is -2.84. The number of ether oxygens (including phenoxy) is 1. The molecule has 25 heavy (non-hydrogen) atoms. The first kappa shape index (κ1) is 18.5. The second-order valence-corrected chi connectivity index (χ2v) is 6.05. The molecule has 0 atom stereocenters. The summed E-state index contributed by atoms with van der Waals surface area (Å²) in [5.41, 5.74) is 2.62. The Morgan fingerprint density at radius 1 is 1.12 bits per heavy atom. The van der Waals surface area contributed by atoms with Crippen molar-refractivity contribution in [1.29, 1.82) is 5.26 Å². The van der Waals surface area contributed by atoms with Gasteiger partial charge in [0.1, 0.15) is 5.75 Å². The van der Waals surface area contributed by atoms with Crippen LogP contribution in [-0.2, 0) is 17.9 Å². The number of hydrogen-bond donors (Lipinski definition) is 0. The minimum Gasteiger partial charge on any atom is -0.496 e. The van der Waals surface area contributed by atoms with Gasteiger partial charge in [0.15, 0.2) is 0 Å². The van der Waals surface area contributed by atoms with E-state index in [2.05, 4.69) is 6.07 Å². The van der Waals surface area contributed by atoms with Crippen molar-refractivity contribution in [3.63, 3.8) is 0 Å². The highest BCUT2D eigenvalue weighted by molar-refractivity contribution is 5.78. The van der Waals surface area contributed by atoms with E-state index in [1.165, 1.54) is 0 Å². The average molecular weight is 337 g/mol. The van der Waals surface area contributed by atoms with Crippen LogP contribution in [0.1, 0.15) is 16.7 Å². The first-order valence-corrected chi connectivity index (χ1v) is 8.07. The van der Waals surface area contributed by atoms with Crippen molar-refractivity contribution >= 4 is 5.91 Å². The number of nitriles is 1. The van der Waals surface area contributed by atoms with Crippen molar-refractivity contribution in [1.82, 2.24) is 9.80 Å². The van der Waals surface area contributed by atoms with Gasteiger partial charge >= 0.3 is 0 Å². The lowest BCUT2D eigenvalue weighted by atomic mass is 10.1. The van der Waals surface area contributed by atoms with Gasteiger partial charge in [-0.15, -0.1) is 0 Å². The molecule has 2 aromatic carbocycles. The molecule has 0 aliphatic carbocycles. The second kappa shape index (κ2) is 8.86. The Labute approximate surface area is 149 Å². The molecule has 0 aromatic heterocycles. The zero-order valence-electron chi connectivity index (χ0n) is 14.9. The third-order valence-corrected chi connectivity index (χ3v) is 3.94. The van der Waals surface area contributed by atoms with Crippen LogP contribution in [0.25, 0.3) is 0 Å². The maximum atomic E-state index is 12.5. The lowest BCUT2D eigenvalue weighted by molar-refractivity contribution is -0.131. The number of methoxy groups -OCH3 is 1. The van der Waals surface area contributed by atoms with Crippen LogP contribution in [0, 0.1) is 11.3 Å². The Balaban J connectivity index is 1.92. The largest absolute Gasteiger partial charge is 0.496 e. The number of para-hydroxylation sites is 1. The molecule has 0 saturated carbocycles. The van der Waals surface area contributed by atoms with Crippen LogP contribution < -0.4 is 4.74 Å². The summed E-state index contributed by atoms with van der Waals surface area (Å²) < 4.78 is 5.33. The van der Waals surface area contributed by atoms with Gasteiger partial charge in [0.05, 0.1) is 25.3 Å². The summed E-state index contributed by atoms with van der Waals surface area (Å²) in [6.07, 6.45) is 0. The summed E-state index contributed by atoms with van der Waals surface area (Å²) in [5, 5.41) is 8.96. The third kappa shape index (κ3) is 5.33. The van der Waals surface area contributed by atoms with Gasteiger partial charge in [-0.1, -0.05) is 30.3 Å². The van der Waals surface area contributed by atoms with Crippen molar-refractivity contribution in [2.45, 2.75) is 13.1 Å². The van der Waals surface area contributed by atoms with Crippen LogP contribution in [-0.4, -0.2) is 43.5 Å². The van der Waals surface area contributed by atoms with Gasteiger partial charge in [-0.2, -0.15) is 5.26 Å². The highest BCUT2D eigenvalue weighted by Crippen LogP contribution is 2.18. The number of hydrogen-bond acceptors (Lipinski definition) is 4. The van der Waals surface area contributed by atoms with Crippen molar-refractivity contribution in [2.75, 3.05) is 27.7 Å². The summed E-state index contributed by atoms with van der Waals surface area (Å²) in [6.45, 7) is 1.42. The maximum absolute atomic E-state index is 12.5. The fourth-order valence-corrected chi connectivity index (χ4v) is 2.64. The molecule has 0 N–H and O–H groups in total. The molecule has 2 rings (SSSR count). The highest BCUT2D eigenvalue weighted by atomic mass is 16.5. The van der Waals surface area contributed by atoms with E-state index in [1.807, 2.05) is 54.4 Å².